The van der Waals surface area contributed by atoms with Gasteiger partial charge in [0.25, 0.3) is 11.8 Å². The Bertz CT molecular complexity index is 778. The smallest absolute Gasteiger partial charge is 0.269 e. The first-order chi connectivity index (χ1) is 12.5. The summed E-state index contributed by atoms with van der Waals surface area (Å²) in [4.78, 5) is 26.2. The van der Waals surface area contributed by atoms with Crippen molar-refractivity contribution in [3.05, 3.63) is 71.3 Å². The third-order valence-electron chi connectivity index (χ3n) is 4.03. The van der Waals surface area contributed by atoms with Crippen molar-refractivity contribution in [2.45, 2.75) is 20.8 Å². The average Bonchev–Trinajstić information content (AvgIpc) is 2.66. The number of hydrogen-bond donors (Lipinski definition) is 2. The number of carbonyl (C=O) groups excluding carboxylic acids is 2. The second-order valence-corrected chi connectivity index (χ2v) is 5.91. The van der Waals surface area contributed by atoms with Crippen LogP contribution in [0.4, 0.5) is 5.69 Å². The maximum absolute atomic E-state index is 12.1. The average molecular weight is 351 g/mol. The van der Waals surface area contributed by atoms with Gasteiger partial charge in [0.2, 0.25) is 0 Å². The highest BCUT2D eigenvalue weighted by molar-refractivity contribution is 5.98. The largest absolute Gasteiger partial charge is 0.372 e. The first-order valence-corrected chi connectivity index (χ1v) is 8.73. The van der Waals surface area contributed by atoms with E-state index in [0.717, 1.165) is 29.9 Å². The molecule has 5 nitrogen and oxygen atoms in total. The van der Waals surface area contributed by atoms with Crippen LogP contribution in [0.1, 0.15) is 35.3 Å². The van der Waals surface area contributed by atoms with E-state index in [0.29, 0.717) is 5.56 Å². The standard InChI is InChI=1S/C21H25N3O2/c1-4-24(5-2)19-12-10-18(11-13-19)21(26)23-22-20(25)14-9-17-8-6-7-16(3)15-17/h6-15H,4-5H2,1-3H3,(H,22,25)(H,23,26)/b14-9+. The molecule has 26 heavy (non-hydrogen) atoms. The minimum Gasteiger partial charge on any atom is -0.372 e. The molecule has 0 spiro atoms. The van der Waals surface area contributed by atoms with E-state index >= 15 is 0 Å². The van der Waals surface area contributed by atoms with Gasteiger partial charge in [-0.1, -0.05) is 29.8 Å². The molecule has 0 unspecified atom stereocenters. The fourth-order valence-corrected chi connectivity index (χ4v) is 2.59. The molecule has 2 N–H and O–H groups in total. The monoisotopic (exact) mass is 351 g/mol. The summed E-state index contributed by atoms with van der Waals surface area (Å²) in [6.07, 6.45) is 3.09. The summed E-state index contributed by atoms with van der Waals surface area (Å²) in [5.41, 5.74) is 8.41. The molecular weight excluding hydrogens is 326 g/mol. The molecule has 2 aromatic rings. The molecule has 0 aliphatic heterocycles. The number of carbonyl (C=O) groups is 2. The molecule has 0 aliphatic carbocycles. The summed E-state index contributed by atoms with van der Waals surface area (Å²) in [7, 11) is 0. The lowest BCUT2D eigenvalue weighted by Gasteiger charge is -2.21. The SMILES string of the molecule is CCN(CC)c1ccc(C(=O)NNC(=O)/C=C/c2cccc(C)c2)cc1. The van der Waals surface area contributed by atoms with Crippen molar-refractivity contribution in [2.75, 3.05) is 18.0 Å². The van der Waals surface area contributed by atoms with E-state index in [4.69, 9.17) is 0 Å². The lowest BCUT2D eigenvalue weighted by molar-refractivity contribution is -0.117. The van der Waals surface area contributed by atoms with E-state index in [2.05, 4.69) is 29.6 Å². The number of aryl methyl sites for hydroxylation is 1. The van der Waals surface area contributed by atoms with Gasteiger partial charge in [-0.2, -0.15) is 0 Å². The van der Waals surface area contributed by atoms with Crippen LogP contribution in [-0.2, 0) is 4.79 Å². The summed E-state index contributed by atoms with van der Waals surface area (Å²) < 4.78 is 0. The molecule has 2 aromatic carbocycles. The Morgan fingerprint density at radius 3 is 2.31 bits per heavy atom. The maximum atomic E-state index is 12.1. The zero-order valence-electron chi connectivity index (χ0n) is 15.5. The van der Waals surface area contributed by atoms with Gasteiger partial charge in [-0.05, 0) is 56.7 Å². The number of benzene rings is 2. The van der Waals surface area contributed by atoms with Crippen LogP contribution in [0.5, 0.6) is 0 Å². The molecule has 0 saturated heterocycles. The Balaban J connectivity index is 1.88. The lowest BCUT2D eigenvalue weighted by Crippen LogP contribution is -2.40. The Morgan fingerprint density at radius 1 is 1.00 bits per heavy atom. The van der Waals surface area contributed by atoms with Crippen LogP contribution in [-0.4, -0.2) is 24.9 Å². The molecule has 5 heteroatoms. The Hall–Kier alpha value is -3.08. The number of hydrogen-bond acceptors (Lipinski definition) is 3. The minimum absolute atomic E-state index is 0.353. The van der Waals surface area contributed by atoms with Gasteiger partial charge in [-0.15, -0.1) is 0 Å². The van der Waals surface area contributed by atoms with Crippen molar-refractivity contribution < 1.29 is 9.59 Å². The quantitative estimate of drug-likeness (QED) is 0.620. The fraction of sp³-hybridized carbons (Fsp3) is 0.238. The number of rotatable bonds is 6. The second-order valence-electron chi connectivity index (χ2n) is 5.91. The summed E-state index contributed by atoms with van der Waals surface area (Å²) in [6, 6.07) is 15.1. The van der Waals surface area contributed by atoms with E-state index in [1.54, 1.807) is 18.2 Å². The maximum Gasteiger partial charge on any atom is 0.269 e. The van der Waals surface area contributed by atoms with Gasteiger partial charge in [0.1, 0.15) is 0 Å². The Morgan fingerprint density at radius 2 is 1.69 bits per heavy atom. The number of nitrogens with one attached hydrogen (secondary N) is 2. The molecule has 0 aromatic heterocycles. The van der Waals surface area contributed by atoms with Gasteiger partial charge in [0, 0.05) is 30.4 Å². The van der Waals surface area contributed by atoms with Gasteiger partial charge in [-0.3, -0.25) is 20.4 Å². The first-order valence-electron chi connectivity index (χ1n) is 8.73. The highest BCUT2D eigenvalue weighted by atomic mass is 16.2. The van der Waals surface area contributed by atoms with Crippen LogP contribution in [0, 0.1) is 6.92 Å². The van der Waals surface area contributed by atoms with Gasteiger partial charge >= 0.3 is 0 Å². The zero-order valence-corrected chi connectivity index (χ0v) is 15.5. The van der Waals surface area contributed by atoms with Crippen LogP contribution >= 0.6 is 0 Å². The van der Waals surface area contributed by atoms with E-state index in [9.17, 15) is 9.59 Å². The number of nitrogens with zero attached hydrogens (tertiary/aromatic N) is 1. The summed E-state index contributed by atoms with van der Waals surface area (Å²) in [5, 5.41) is 0. The molecule has 136 valence electrons. The van der Waals surface area contributed by atoms with E-state index < -0.39 is 0 Å². The summed E-state index contributed by atoms with van der Waals surface area (Å²) in [5.74, 6) is -0.743. The molecule has 0 saturated carbocycles. The number of anilines is 1. The molecule has 0 heterocycles. The fourth-order valence-electron chi connectivity index (χ4n) is 2.59. The third-order valence-corrected chi connectivity index (χ3v) is 4.03. The molecular formula is C21H25N3O2. The van der Waals surface area contributed by atoms with Crippen LogP contribution < -0.4 is 15.8 Å². The molecule has 0 atom stereocenters. The molecule has 2 rings (SSSR count). The predicted octanol–water partition coefficient (Wildman–Crippen LogP) is 3.32. The van der Waals surface area contributed by atoms with Crippen LogP contribution in [0.3, 0.4) is 0 Å². The van der Waals surface area contributed by atoms with Gasteiger partial charge in [0.15, 0.2) is 0 Å². The molecule has 0 bridgehead atoms. The van der Waals surface area contributed by atoms with Gasteiger partial charge in [-0.25, -0.2) is 0 Å². The summed E-state index contributed by atoms with van der Waals surface area (Å²) >= 11 is 0. The molecule has 0 fully saturated rings. The van der Waals surface area contributed by atoms with Crippen molar-refractivity contribution in [2.24, 2.45) is 0 Å². The van der Waals surface area contributed by atoms with Crippen LogP contribution in [0.2, 0.25) is 0 Å². The molecule has 0 aliphatic rings. The number of amides is 2. The van der Waals surface area contributed by atoms with Crippen LogP contribution in [0.25, 0.3) is 6.08 Å². The van der Waals surface area contributed by atoms with E-state index in [1.807, 2.05) is 43.3 Å². The number of hydrazine groups is 1. The van der Waals surface area contributed by atoms with Crippen molar-refractivity contribution in [1.29, 1.82) is 0 Å². The van der Waals surface area contributed by atoms with Crippen molar-refractivity contribution in [1.82, 2.24) is 10.9 Å². The van der Waals surface area contributed by atoms with E-state index in [1.165, 1.54) is 6.08 Å². The normalized spacial score (nSPS) is 10.6. The van der Waals surface area contributed by atoms with Gasteiger partial charge < -0.3 is 4.90 Å². The van der Waals surface area contributed by atoms with E-state index in [-0.39, 0.29) is 11.8 Å². The van der Waals surface area contributed by atoms with Crippen molar-refractivity contribution in [3.63, 3.8) is 0 Å². The van der Waals surface area contributed by atoms with Crippen molar-refractivity contribution >= 4 is 23.6 Å². The van der Waals surface area contributed by atoms with Crippen LogP contribution in [0.15, 0.2) is 54.6 Å². The van der Waals surface area contributed by atoms with Crippen molar-refractivity contribution in [3.8, 4) is 0 Å². The summed E-state index contributed by atoms with van der Waals surface area (Å²) in [6.45, 7) is 7.98. The highest BCUT2D eigenvalue weighted by Crippen LogP contribution is 2.14. The minimum atomic E-state index is -0.389. The zero-order chi connectivity index (χ0) is 18.9. The predicted molar refractivity (Wildman–Crippen MR) is 106 cm³/mol. The lowest BCUT2D eigenvalue weighted by atomic mass is 10.1. The first kappa shape index (κ1) is 19.2. The molecule has 2 amide bonds. The Kier molecular flexibility index (Phi) is 6.97. The third kappa shape index (κ3) is 5.48. The van der Waals surface area contributed by atoms with Gasteiger partial charge in [0.05, 0.1) is 0 Å². The Labute approximate surface area is 154 Å². The second kappa shape index (κ2) is 9.42. The molecule has 0 radical (unpaired) electrons. The topological polar surface area (TPSA) is 61.4 Å². The highest BCUT2D eigenvalue weighted by Gasteiger charge is 2.07.